The fourth-order valence-electron chi connectivity index (χ4n) is 8.11. The normalized spacial score (nSPS) is 13.4. The molecule has 0 spiro atoms. The third-order valence-electron chi connectivity index (χ3n) is 12.0. The van der Waals surface area contributed by atoms with Crippen molar-refractivity contribution < 1.29 is 29.4 Å². The van der Waals surface area contributed by atoms with Gasteiger partial charge in [-0.2, -0.15) is 0 Å². The average Bonchev–Trinajstić information content (AvgIpc) is 3.16. The van der Waals surface area contributed by atoms with Crippen molar-refractivity contribution in [1.82, 2.24) is 0 Å². The predicted octanol–water partition coefficient (Wildman–Crippen LogP) is 13.3. The SMILES string of the molecule is CCCOc1c2cc(C(C)(C)C)cc1Cc1cc(C(C)(C)C)cc(c1O)Cc1cc(C(C)(C)C)cc(c1Oc1ccc(C=O)cc1[N+](=O)[O-])Cc1cc(C(C)(C)C)cc(c1O)C2. The maximum absolute atomic E-state index is 12.5. The van der Waals surface area contributed by atoms with Crippen LogP contribution in [0.4, 0.5) is 5.69 Å². The molecule has 0 aromatic heterocycles. The monoisotopic (exact) mass is 839 g/mol. The smallest absolute Gasteiger partial charge is 0.312 e. The van der Waals surface area contributed by atoms with Gasteiger partial charge < -0.3 is 19.7 Å². The van der Waals surface area contributed by atoms with E-state index in [2.05, 4.69) is 139 Å². The van der Waals surface area contributed by atoms with Gasteiger partial charge in [-0.15, -0.1) is 0 Å². The van der Waals surface area contributed by atoms with Crippen LogP contribution in [0.2, 0.25) is 0 Å². The first-order valence-corrected chi connectivity index (χ1v) is 21.9. The highest BCUT2D eigenvalue weighted by Gasteiger charge is 2.29. The molecule has 1 aliphatic rings. The Morgan fingerprint density at radius 2 is 0.903 bits per heavy atom. The van der Waals surface area contributed by atoms with Crippen molar-refractivity contribution in [3.63, 3.8) is 0 Å². The van der Waals surface area contributed by atoms with Crippen molar-refractivity contribution in [2.24, 2.45) is 0 Å². The van der Waals surface area contributed by atoms with Gasteiger partial charge in [0.25, 0.3) is 0 Å². The molecule has 8 nitrogen and oxygen atoms in total. The molecule has 0 atom stereocenters. The lowest BCUT2D eigenvalue weighted by molar-refractivity contribution is -0.385. The quantitative estimate of drug-likeness (QED) is 0.0933. The summed E-state index contributed by atoms with van der Waals surface area (Å²) in [5.74, 6) is 1.49. The van der Waals surface area contributed by atoms with E-state index in [-0.39, 0.29) is 63.0 Å². The lowest BCUT2D eigenvalue weighted by atomic mass is 9.79. The lowest BCUT2D eigenvalue weighted by Crippen LogP contribution is -2.16. The Hall–Kier alpha value is -5.63. The van der Waals surface area contributed by atoms with E-state index >= 15 is 0 Å². The maximum atomic E-state index is 12.5. The largest absolute Gasteiger partial charge is 0.507 e. The zero-order valence-corrected chi connectivity index (χ0v) is 39.1. The summed E-state index contributed by atoms with van der Waals surface area (Å²) in [6.07, 6.45) is 2.65. The van der Waals surface area contributed by atoms with Gasteiger partial charge in [0.2, 0.25) is 5.75 Å². The van der Waals surface area contributed by atoms with E-state index in [1.54, 1.807) is 0 Å². The van der Waals surface area contributed by atoms with Crippen molar-refractivity contribution in [2.45, 2.75) is 144 Å². The summed E-state index contributed by atoms with van der Waals surface area (Å²) in [7, 11) is 0. The average molecular weight is 840 g/mol. The minimum Gasteiger partial charge on any atom is -0.507 e. The molecule has 0 unspecified atom stereocenters. The van der Waals surface area contributed by atoms with Gasteiger partial charge in [-0.05, 0) is 107 Å². The molecule has 2 N–H and O–H groups in total. The van der Waals surface area contributed by atoms with Crippen molar-refractivity contribution >= 4 is 12.0 Å². The highest BCUT2D eigenvalue weighted by atomic mass is 16.6. The molecule has 8 heteroatoms. The van der Waals surface area contributed by atoms with Gasteiger partial charge in [0.15, 0.2) is 0 Å². The first kappa shape index (κ1) is 45.9. The van der Waals surface area contributed by atoms with Gasteiger partial charge in [-0.25, -0.2) is 0 Å². The van der Waals surface area contributed by atoms with Gasteiger partial charge in [0, 0.05) is 37.3 Å². The molecule has 5 aromatic rings. The Morgan fingerprint density at radius 3 is 1.21 bits per heavy atom. The number of carbonyl (C=O) groups excluding carboxylic acids is 1. The Labute approximate surface area is 368 Å². The van der Waals surface area contributed by atoms with Crippen LogP contribution in [0.25, 0.3) is 0 Å². The second kappa shape index (κ2) is 16.9. The standard InChI is InChI=1S/C54H65NO7/c1-14-17-61-49-37-19-33-23-41(51(2,3)4)25-35(47(33)57)21-39-29-44(54(11,12)13)30-40(50(39)62-46-16-15-32(31-56)18-45(46)55(59)60)22-36-26-42(52(5,6)7)24-34(48(36)58)20-38(49)28-43(27-37)53(8,9)10/h15-16,18,23-31,57-58H,14,17,19-22H2,1-13H3. The van der Waals surface area contributed by atoms with Gasteiger partial charge in [0.1, 0.15) is 29.3 Å². The Bertz CT molecular complexity index is 2420. The summed E-state index contributed by atoms with van der Waals surface area (Å²) in [5, 5.41) is 37.5. The summed E-state index contributed by atoms with van der Waals surface area (Å²) in [5.41, 5.74) is 9.21. The first-order valence-electron chi connectivity index (χ1n) is 21.9. The Morgan fingerprint density at radius 1 is 0.565 bits per heavy atom. The van der Waals surface area contributed by atoms with E-state index in [0.29, 0.717) is 42.6 Å². The highest BCUT2D eigenvalue weighted by Crippen LogP contribution is 2.45. The molecule has 5 aromatic carbocycles. The summed E-state index contributed by atoms with van der Waals surface area (Å²) < 4.78 is 13.5. The van der Waals surface area contributed by atoms with Crippen LogP contribution in [0, 0.1) is 10.1 Å². The van der Waals surface area contributed by atoms with Crippen LogP contribution >= 0.6 is 0 Å². The second-order valence-electron chi connectivity index (χ2n) is 21.3. The first-order chi connectivity index (χ1) is 28.8. The molecule has 328 valence electrons. The number of fused-ring (bicyclic) bond motifs is 8. The van der Waals surface area contributed by atoms with E-state index in [4.69, 9.17) is 9.47 Å². The van der Waals surface area contributed by atoms with Crippen LogP contribution in [-0.2, 0) is 47.3 Å². The molecule has 6 rings (SSSR count). The molecule has 62 heavy (non-hydrogen) atoms. The zero-order valence-electron chi connectivity index (χ0n) is 39.1. The van der Waals surface area contributed by atoms with Crippen LogP contribution in [0.1, 0.15) is 174 Å². The minimum absolute atomic E-state index is 0.0181. The number of nitrogens with zero attached hydrogens (tertiary/aromatic N) is 1. The number of aldehydes is 1. The number of hydrogen-bond donors (Lipinski definition) is 2. The molecule has 8 bridgehead atoms. The van der Waals surface area contributed by atoms with Gasteiger partial charge in [0.05, 0.1) is 11.5 Å². The topological polar surface area (TPSA) is 119 Å². The fraction of sp³-hybridized carbons (Fsp3) is 0.426. The Balaban J connectivity index is 1.77. The number of ether oxygens (including phenoxy) is 2. The molecule has 0 saturated carbocycles. The molecular formula is C54H65NO7. The van der Waals surface area contributed by atoms with E-state index < -0.39 is 4.92 Å². The maximum Gasteiger partial charge on any atom is 0.312 e. The van der Waals surface area contributed by atoms with Crippen LogP contribution < -0.4 is 9.47 Å². The summed E-state index contributed by atoms with van der Waals surface area (Å²) in [6, 6.07) is 21.1. The van der Waals surface area contributed by atoms with Crippen molar-refractivity contribution in [3.05, 3.63) is 149 Å². The highest BCUT2D eigenvalue weighted by molar-refractivity contribution is 5.77. The number of benzene rings is 5. The van der Waals surface area contributed by atoms with Gasteiger partial charge >= 0.3 is 5.69 Å². The van der Waals surface area contributed by atoms with Crippen LogP contribution in [-0.4, -0.2) is 28.0 Å². The van der Waals surface area contributed by atoms with E-state index in [0.717, 1.165) is 67.8 Å². The second-order valence-corrected chi connectivity index (χ2v) is 21.3. The molecule has 0 amide bonds. The zero-order chi connectivity index (χ0) is 45.7. The molecule has 1 aliphatic carbocycles. The number of aromatic hydroxyl groups is 2. The van der Waals surface area contributed by atoms with Crippen molar-refractivity contribution in [2.75, 3.05) is 6.61 Å². The number of nitro benzene ring substituents is 1. The summed E-state index contributed by atoms with van der Waals surface area (Å²) in [6.45, 7) is 28.6. The Kier molecular flexibility index (Phi) is 12.5. The van der Waals surface area contributed by atoms with Gasteiger partial charge in [-0.1, -0.05) is 139 Å². The molecule has 0 aliphatic heterocycles. The van der Waals surface area contributed by atoms with E-state index in [1.807, 2.05) is 0 Å². The number of phenols is 2. The summed E-state index contributed by atoms with van der Waals surface area (Å²) >= 11 is 0. The number of nitro groups is 1. The molecule has 0 radical (unpaired) electrons. The third kappa shape index (κ3) is 9.85. The number of carbonyl (C=O) groups is 1. The molecule has 0 heterocycles. The number of rotatable bonds is 7. The van der Waals surface area contributed by atoms with Crippen LogP contribution in [0.15, 0.2) is 66.7 Å². The van der Waals surface area contributed by atoms with Crippen LogP contribution in [0.3, 0.4) is 0 Å². The predicted molar refractivity (Wildman–Crippen MR) is 249 cm³/mol. The molecule has 0 fully saturated rings. The van der Waals surface area contributed by atoms with Crippen molar-refractivity contribution in [3.8, 4) is 28.7 Å². The lowest BCUT2D eigenvalue weighted by Gasteiger charge is -2.28. The summed E-state index contributed by atoms with van der Waals surface area (Å²) in [4.78, 5) is 23.7. The van der Waals surface area contributed by atoms with Crippen molar-refractivity contribution in [1.29, 1.82) is 0 Å². The van der Waals surface area contributed by atoms with E-state index in [9.17, 15) is 25.1 Å². The fourth-order valence-corrected chi connectivity index (χ4v) is 8.11. The molecule has 0 saturated heterocycles. The number of hydrogen-bond acceptors (Lipinski definition) is 7. The minimum atomic E-state index is -0.544. The molecular weight excluding hydrogens is 775 g/mol. The third-order valence-corrected chi connectivity index (χ3v) is 12.0. The van der Waals surface area contributed by atoms with Gasteiger partial charge in [-0.3, -0.25) is 14.9 Å². The van der Waals surface area contributed by atoms with E-state index in [1.165, 1.54) is 18.2 Å². The van der Waals surface area contributed by atoms with Crippen LogP contribution in [0.5, 0.6) is 28.7 Å². The number of phenolic OH excluding ortho intramolecular Hbond substituents is 2.